The minimum atomic E-state index is -0.398. The molecule has 2 aliphatic rings. The molecule has 1 amide bonds. The summed E-state index contributed by atoms with van der Waals surface area (Å²) in [6, 6.07) is 16.8. The number of carbonyl (C=O) groups excluding carboxylic acids is 1. The van der Waals surface area contributed by atoms with Crippen molar-refractivity contribution in [3.63, 3.8) is 0 Å². The molecule has 0 saturated carbocycles. The normalized spacial score (nSPS) is 22.1. The molecule has 2 aromatic rings. The number of ether oxygens (including phenoxy) is 1. The number of piperazine rings is 1. The Morgan fingerprint density at radius 3 is 2.58 bits per heavy atom. The van der Waals surface area contributed by atoms with Crippen molar-refractivity contribution in [1.29, 1.82) is 0 Å². The highest BCUT2D eigenvalue weighted by Gasteiger charge is 2.53. The molecule has 2 fully saturated rings. The first kappa shape index (κ1) is 21.4. The molecule has 0 bridgehead atoms. The van der Waals surface area contributed by atoms with Gasteiger partial charge in [-0.3, -0.25) is 4.79 Å². The number of hydrogen-bond acceptors (Lipinski definition) is 3. The molecule has 162 valence electrons. The SMILES string of the molecule is C=CCC1(CC=C)CC2C(c3ccc(OCc4ccccc4)cc3C)NCCN2C1=O. The maximum Gasteiger partial charge on any atom is 0.229 e. The van der Waals surface area contributed by atoms with Crippen molar-refractivity contribution in [3.8, 4) is 5.75 Å². The van der Waals surface area contributed by atoms with Gasteiger partial charge in [-0.1, -0.05) is 48.6 Å². The van der Waals surface area contributed by atoms with Gasteiger partial charge in [-0.2, -0.15) is 0 Å². The Morgan fingerprint density at radius 2 is 1.90 bits per heavy atom. The van der Waals surface area contributed by atoms with Crippen molar-refractivity contribution in [2.75, 3.05) is 13.1 Å². The van der Waals surface area contributed by atoms with Gasteiger partial charge >= 0.3 is 0 Å². The number of nitrogens with one attached hydrogen (secondary N) is 1. The zero-order valence-corrected chi connectivity index (χ0v) is 18.3. The average molecular weight is 417 g/mol. The van der Waals surface area contributed by atoms with E-state index in [1.165, 1.54) is 11.1 Å². The molecule has 2 heterocycles. The molecule has 2 aromatic carbocycles. The van der Waals surface area contributed by atoms with Gasteiger partial charge in [-0.25, -0.2) is 0 Å². The first-order valence-electron chi connectivity index (χ1n) is 11.1. The van der Waals surface area contributed by atoms with Crippen molar-refractivity contribution in [2.45, 2.75) is 44.9 Å². The van der Waals surface area contributed by atoms with Crippen molar-refractivity contribution in [3.05, 3.63) is 90.5 Å². The van der Waals surface area contributed by atoms with Crippen LogP contribution in [0.15, 0.2) is 73.8 Å². The van der Waals surface area contributed by atoms with Gasteiger partial charge in [-0.15, -0.1) is 13.2 Å². The number of fused-ring (bicyclic) bond motifs is 1. The van der Waals surface area contributed by atoms with Crippen LogP contribution in [0.1, 0.15) is 42.0 Å². The fraction of sp³-hybridized carbons (Fsp3) is 0.370. The Hall–Kier alpha value is -2.85. The van der Waals surface area contributed by atoms with Gasteiger partial charge in [0.2, 0.25) is 5.91 Å². The van der Waals surface area contributed by atoms with Gasteiger partial charge in [-0.05, 0) is 55.0 Å². The van der Waals surface area contributed by atoms with E-state index in [9.17, 15) is 4.79 Å². The number of hydrogen-bond donors (Lipinski definition) is 1. The summed E-state index contributed by atoms with van der Waals surface area (Å²) < 4.78 is 6.01. The summed E-state index contributed by atoms with van der Waals surface area (Å²) >= 11 is 0. The fourth-order valence-corrected chi connectivity index (χ4v) is 5.22. The second-order valence-electron chi connectivity index (χ2n) is 8.76. The summed E-state index contributed by atoms with van der Waals surface area (Å²) in [6.07, 6.45) is 5.98. The number of allylic oxidation sites excluding steroid dienone is 2. The Balaban J connectivity index is 1.54. The molecule has 0 radical (unpaired) electrons. The van der Waals surface area contributed by atoms with Gasteiger partial charge in [0, 0.05) is 13.1 Å². The van der Waals surface area contributed by atoms with Crippen LogP contribution in [-0.2, 0) is 11.4 Å². The highest BCUT2D eigenvalue weighted by Crippen LogP contribution is 2.47. The third-order valence-corrected chi connectivity index (χ3v) is 6.71. The van der Waals surface area contributed by atoms with Crippen LogP contribution in [0.4, 0.5) is 0 Å². The molecular weight excluding hydrogens is 384 g/mol. The molecule has 31 heavy (non-hydrogen) atoms. The maximum atomic E-state index is 13.4. The van der Waals surface area contributed by atoms with Crippen LogP contribution < -0.4 is 10.1 Å². The molecule has 0 spiro atoms. The van der Waals surface area contributed by atoms with E-state index in [1.807, 2.05) is 36.4 Å². The number of rotatable bonds is 8. The summed E-state index contributed by atoms with van der Waals surface area (Å²) in [5, 5.41) is 3.68. The number of aryl methyl sites for hydroxylation is 1. The first-order chi connectivity index (χ1) is 15.1. The smallest absolute Gasteiger partial charge is 0.229 e. The second kappa shape index (κ2) is 9.11. The van der Waals surface area contributed by atoms with E-state index in [2.05, 4.69) is 54.6 Å². The number of benzene rings is 2. The molecule has 0 aliphatic carbocycles. The minimum absolute atomic E-state index is 0.123. The number of carbonyl (C=O) groups is 1. The number of amides is 1. The average Bonchev–Trinajstić information content (AvgIpc) is 3.05. The van der Waals surface area contributed by atoms with Crippen LogP contribution in [0.3, 0.4) is 0 Å². The van der Waals surface area contributed by atoms with Crippen LogP contribution in [0.5, 0.6) is 5.75 Å². The standard InChI is InChI=1S/C27H32N2O2/c1-4-13-27(14-5-2)18-24-25(28-15-16-29(24)26(27)30)23-12-11-22(17-20(23)3)31-19-21-9-7-6-8-10-21/h4-12,17,24-25,28H,1-2,13-16,18-19H2,3H3. The third-order valence-electron chi connectivity index (χ3n) is 6.71. The van der Waals surface area contributed by atoms with E-state index in [4.69, 9.17) is 4.74 Å². The van der Waals surface area contributed by atoms with Gasteiger partial charge in [0.25, 0.3) is 0 Å². The van der Waals surface area contributed by atoms with E-state index in [-0.39, 0.29) is 18.0 Å². The Bertz CT molecular complexity index is 943. The molecule has 2 unspecified atom stereocenters. The highest BCUT2D eigenvalue weighted by atomic mass is 16.5. The van der Waals surface area contributed by atoms with Crippen LogP contribution in [0, 0.1) is 12.3 Å². The Morgan fingerprint density at radius 1 is 1.16 bits per heavy atom. The van der Waals surface area contributed by atoms with Gasteiger partial charge in [0.1, 0.15) is 12.4 Å². The molecule has 4 heteroatoms. The summed E-state index contributed by atoms with van der Waals surface area (Å²) in [4.78, 5) is 15.5. The van der Waals surface area contributed by atoms with E-state index in [0.717, 1.165) is 30.8 Å². The molecule has 1 N–H and O–H groups in total. The molecule has 2 saturated heterocycles. The van der Waals surface area contributed by atoms with E-state index in [0.29, 0.717) is 19.4 Å². The fourth-order valence-electron chi connectivity index (χ4n) is 5.22. The quantitative estimate of drug-likeness (QED) is 0.619. The summed E-state index contributed by atoms with van der Waals surface area (Å²) in [5.41, 5.74) is 3.18. The summed E-state index contributed by atoms with van der Waals surface area (Å²) in [5.74, 6) is 1.12. The maximum absolute atomic E-state index is 13.4. The Kier molecular flexibility index (Phi) is 6.28. The lowest BCUT2D eigenvalue weighted by Crippen LogP contribution is -2.51. The summed E-state index contributed by atoms with van der Waals surface area (Å²) in [7, 11) is 0. The van der Waals surface area contributed by atoms with Gasteiger partial charge in [0.15, 0.2) is 0 Å². The second-order valence-corrected chi connectivity index (χ2v) is 8.76. The molecule has 4 rings (SSSR count). The zero-order valence-electron chi connectivity index (χ0n) is 18.3. The van der Waals surface area contributed by atoms with Gasteiger partial charge < -0.3 is 15.0 Å². The van der Waals surface area contributed by atoms with Crippen LogP contribution in [0.25, 0.3) is 0 Å². The Labute approximate surface area is 185 Å². The molecule has 2 aliphatic heterocycles. The predicted molar refractivity (Wildman–Crippen MR) is 125 cm³/mol. The molecular formula is C27H32N2O2. The molecule has 2 atom stereocenters. The van der Waals surface area contributed by atoms with Gasteiger partial charge in [0.05, 0.1) is 17.5 Å². The van der Waals surface area contributed by atoms with E-state index >= 15 is 0 Å². The van der Waals surface area contributed by atoms with Crippen molar-refractivity contribution >= 4 is 5.91 Å². The molecule has 0 aromatic heterocycles. The van der Waals surface area contributed by atoms with Crippen molar-refractivity contribution in [2.24, 2.45) is 5.41 Å². The topological polar surface area (TPSA) is 41.6 Å². The summed E-state index contributed by atoms with van der Waals surface area (Å²) in [6.45, 7) is 12.1. The molecule has 4 nitrogen and oxygen atoms in total. The number of nitrogens with zero attached hydrogens (tertiary/aromatic N) is 1. The lowest BCUT2D eigenvalue weighted by molar-refractivity contribution is -0.137. The highest BCUT2D eigenvalue weighted by molar-refractivity contribution is 5.86. The van der Waals surface area contributed by atoms with Crippen molar-refractivity contribution < 1.29 is 9.53 Å². The monoisotopic (exact) mass is 416 g/mol. The third kappa shape index (κ3) is 4.17. The van der Waals surface area contributed by atoms with Crippen LogP contribution in [0.2, 0.25) is 0 Å². The lowest BCUT2D eigenvalue weighted by Gasteiger charge is -2.38. The first-order valence-corrected chi connectivity index (χ1v) is 11.1. The lowest BCUT2D eigenvalue weighted by atomic mass is 9.77. The van der Waals surface area contributed by atoms with E-state index < -0.39 is 5.41 Å². The van der Waals surface area contributed by atoms with Crippen molar-refractivity contribution in [1.82, 2.24) is 10.2 Å². The largest absolute Gasteiger partial charge is 0.489 e. The van der Waals surface area contributed by atoms with Crippen LogP contribution >= 0.6 is 0 Å². The zero-order chi connectivity index (χ0) is 21.8. The predicted octanol–water partition coefficient (Wildman–Crippen LogP) is 4.96. The van der Waals surface area contributed by atoms with Crippen LogP contribution in [-0.4, -0.2) is 29.9 Å². The minimum Gasteiger partial charge on any atom is -0.489 e. The van der Waals surface area contributed by atoms with E-state index in [1.54, 1.807) is 0 Å².